The number of nitrogens with zero attached hydrogens (tertiary/aromatic N) is 3. The SMILES string of the molecule is COCCn1c2c(ccc1=O)CCN(Cc1cccnc1)CC2. The molecule has 0 fully saturated rings. The Morgan fingerprint density at radius 3 is 2.87 bits per heavy atom. The lowest BCUT2D eigenvalue weighted by Gasteiger charge is -2.19. The molecule has 0 N–H and O–H groups in total. The van der Waals surface area contributed by atoms with Crippen LogP contribution in [0.3, 0.4) is 0 Å². The van der Waals surface area contributed by atoms with Gasteiger partial charge in [0, 0.05) is 63.9 Å². The molecular formula is C18H23N3O2. The topological polar surface area (TPSA) is 47.4 Å². The molecule has 23 heavy (non-hydrogen) atoms. The molecule has 0 aromatic carbocycles. The van der Waals surface area contributed by atoms with E-state index in [2.05, 4.69) is 16.0 Å². The minimum absolute atomic E-state index is 0.0708. The van der Waals surface area contributed by atoms with Crippen molar-refractivity contribution in [3.8, 4) is 0 Å². The van der Waals surface area contributed by atoms with Crippen molar-refractivity contribution in [3.63, 3.8) is 0 Å². The van der Waals surface area contributed by atoms with Crippen LogP contribution >= 0.6 is 0 Å². The zero-order valence-electron chi connectivity index (χ0n) is 13.6. The van der Waals surface area contributed by atoms with Crippen LogP contribution in [0.4, 0.5) is 0 Å². The number of fused-ring (bicyclic) bond motifs is 1. The monoisotopic (exact) mass is 313 g/mol. The fourth-order valence-corrected chi connectivity index (χ4v) is 3.18. The third-order valence-corrected chi connectivity index (χ3v) is 4.40. The lowest BCUT2D eigenvalue weighted by molar-refractivity contribution is 0.185. The third kappa shape index (κ3) is 3.86. The zero-order valence-corrected chi connectivity index (χ0v) is 13.6. The van der Waals surface area contributed by atoms with Crippen LogP contribution in [0.15, 0.2) is 41.5 Å². The van der Waals surface area contributed by atoms with Crippen molar-refractivity contribution in [2.75, 3.05) is 26.8 Å². The third-order valence-electron chi connectivity index (χ3n) is 4.40. The molecule has 5 nitrogen and oxygen atoms in total. The molecule has 0 aliphatic carbocycles. The van der Waals surface area contributed by atoms with Crippen LogP contribution in [0.25, 0.3) is 0 Å². The molecule has 0 spiro atoms. The number of hydrogen-bond donors (Lipinski definition) is 0. The highest BCUT2D eigenvalue weighted by Gasteiger charge is 2.17. The summed E-state index contributed by atoms with van der Waals surface area (Å²) in [6, 6.07) is 7.77. The molecule has 2 aromatic heterocycles. The normalized spacial score (nSPS) is 15.2. The van der Waals surface area contributed by atoms with Gasteiger partial charge in [0.1, 0.15) is 0 Å². The Balaban J connectivity index is 1.76. The van der Waals surface area contributed by atoms with Gasteiger partial charge in [0.05, 0.1) is 6.61 Å². The summed E-state index contributed by atoms with van der Waals surface area (Å²) in [5.41, 5.74) is 3.76. The average Bonchev–Trinajstić information content (AvgIpc) is 2.78. The van der Waals surface area contributed by atoms with E-state index in [-0.39, 0.29) is 5.56 Å². The van der Waals surface area contributed by atoms with E-state index in [4.69, 9.17) is 4.74 Å². The van der Waals surface area contributed by atoms with Crippen LogP contribution < -0.4 is 5.56 Å². The van der Waals surface area contributed by atoms with Crippen molar-refractivity contribution >= 4 is 0 Å². The lowest BCUT2D eigenvalue weighted by atomic mass is 10.1. The molecule has 1 aliphatic heterocycles. The van der Waals surface area contributed by atoms with E-state index in [1.165, 1.54) is 16.8 Å². The van der Waals surface area contributed by atoms with E-state index < -0.39 is 0 Å². The first-order valence-electron chi connectivity index (χ1n) is 8.09. The van der Waals surface area contributed by atoms with Crippen LogP contribution in [0.1, 0.15) is 16.8 Å². The number of rotatable bonds is 5. The summed E-state index contributed by atoms with van der Waals surface area (Å²) >= 11 is 0. The van der Waals surface area contributed by atoms with E-state index in [0.717, 1.165) is 32.5 Å². The van der Waals surface area contributed by atoms with Crippen molar-refractivity contribution in [2.24, 2.45) is 0 Å². The van der Waals surface area contributed by atoms with Crippen LogP contribution in [0, 0.1) is 0 Å². The molecule has 0 radical (unpaired) electrons. The van der Waals surface area contributed by atoms with E-state index in [9.17, 15) is 4.79 Å². The quantitative estimate of drug-likeness (QED) is 0.839. The summed E-state index contributed by atoms with van der Waals surface area (Å²) in [6.07, 6.45) is 5.60. The number of methoxy groups -OCH3 is 1. The molecule has 1 aliphatic rings. The number of ether oxygens (including phenoxy) is 1. The highest BCUT2D eigenvalue weighted by atomic mass is 16.5. The molecule has 122 valence electrons. The first kappa shape index (κ1) is 15.9. The van der Waals surface area contributed by atoms with Gasteiger partial charge in [-0.15, -0.1) is 0 Å². The second-order valence-corrected chi connectivity index (χ2v) is 5.93. The Morgan fingerprint density at radius 2 is 2.09 bits per heavy atom. The molecule has 3 rings (SSSR count). The Morgan fingerprint density at radius 1 is 1.22 bits per heavy atom. The molecule has 0 amide bonds. The van der Waals surface area contributed by atoms with Crippen LogP contribution in [0.2, 0.25) is 0 Å². The van der Waals surface area contributed by atoms with E-state index in [0.29, 0.717) is 13.2 Å². The molecule has 2 aromatic rings. The Hall–Kier alpha value is -1.98. The maximum atomic E-state index is 12.2. The molecule has 0 atom stereocenters. The summed E-state index contributed by atoms with van der Waals surface area (Å²) in [7, 11) is 1.67. The van der Waals surface area contributed by atoms with Crippen LogP contribution in [0.5, 0.6) is 0 Å². The van der Waals surface area contributed by atoms with Crippen molar-refractivity contribution in [1.82, 2.24) is 14.5 Å². The molecule has 0 unspecified atom stereocenters. The number of pyridine rings is 2. The smallest absolute Gasteiger partial charge is 0.250 e. The first-order valence-corrected chi connectivity index (χ1v) is 8.09. The van der Waals surface area contributed by atoms with Gasteiger partial charge in [-0.2, -0.15) is 0 Å². The molecular weight excluding hydrogens is 290 g/mol. The fraction of sp³-hybridized carbons (Fsp3) is 0.444. The van der Waals surface area contributed by atoms with Gasteiger partial charge in [0.25, 0.3) is 5.56 Å². The predicted octanol–water partition coefficient (Wildman–Crippen LogP) is 1.49. The zero-order chi connectivity index (χ0) is 16.1. The highest BCUT2D eigenvalue weighted by Crippen LogP contribution is 2.16. The molecule has 5 heteroatoms. The highest BCUT2D eigenvalue weighted by molar-refractivity contribution is 5.24. The Labute approximate surface area is 136 Å². The second-order valence-electron chi connectivity index (χ2n) is 5.93. The van der Waals surface area contributed by atoms with Gasteiger partial charge in [-0.05, 0) is 23.6 Å². The second kappa shape index (κ2) is 7.53. The van der Waals surface area contributed by atoms with E-state index >= 15 is 0 Å². The minimum atomic E-state index is 0.0708. The summed E-state index contributed by atoms with van der Waals surface area (Å²) in [6.45, 7) is 4.06. The van der Waals surface area contributed by atoms with Gasteiger partial charge >= 0.3 is 0 Å². The summed E-state index contributed by atoms with van der Waals surface area (Å²) < 4.78 is 7.03. The maximum absolute atomic E-state index is 12.2. The van der Waals surface area contributed by atoms with Gasteiger partial charge in [0.15, 0.2) is 0 Å². The number of hydrogen-bond acceptors (Lipinski definition) is 4. The Kier molecular flexibility index (Phi) is 5.20. The minimum Gasteiger partial charge on any atom is -0.383 e. The number of aromatic nitrogens is 2. The predicted molar refractivity (Wildman–Crippen MR) is 89.5 cm³/mol. The van der Waals surface area contributed by atoms with Crippen molar-refractivity contribution in [3.05, 3.63) is 63.8 Å². The molecule has 0 bridgehead atoms. The molecule has 0 saturated carbocycles. The Bertz CT molecular complexity index is 697. The van der Waals surface area contributed by atoms with E-state index in [1.807, 2.05) is 22.9 Å². The molecule has 3 heterocycles. The standard InChI is InChI=1S/C18H23N3O2/c1-23-12-11-21-17-7-10-20(14-15-3-2-8-19-13-15)9-6-16(17)4-5-18(21)22/h2-5,8,13H,6-7,9-12,14H2,1H3. The van der Waals surface area contributed by atoms with Crippen LogP contribution in [-0.4, -0.2) is 41.3 Å². The average molecular weight is 313 g/mol. The van der Waals surface area contributed by atoms with Crippen molar-refractivity contribution in [2.45, 2.75) is 25.9 Å². The first-order chi connectivity index (χ1) is 11.3. The summed E-state index contributed by atoms with van der Waals surface area (Å²) in [5, 5.41) is 0. The summed E-state index contributed by atoms with van der Waals surface area (Å²) in [4.78, 5) is 18.8. The van der Waals surface area contributed by atoms with E-state index in [1.54, 1.807) is 19.4 Å². The lowest BCUT2D eigenvalue weighted by Crippen LogP contribution is -2.28. The largest absolute Gasteiger partial charge is 0.383 e. The fourth-order valence-electron chi connectivity index (χ4n) is 3.18. The van der Waals surface area contributed by atoms with Gasteiger partial charge in [-0.25, -0.2) is 0 Å². The maximum Gasteiger partial charge on any atom is 0.250 e. The van der Waals surface area contributed by atoms with Crippen molar-refractivity contribution in [1.29, 1.82) is 0 Å². The van der Waals surface area contributed by atoms with Gasteiger partial charge in [-0.1, -0.05) is 12.1 Å². The van der Waals surface area contributed by atoms with Crippen molar-refractivity contribution < 1.29 is 4.74 Å². The molecule has 0 saturated heterocycles. The van der Waals surface area contributed by atoms with Crippen LogP contribution in [-0.2, 0) is 30.7 Å². The summed E-state index contributed by atoms with van der Waals surface area (Å²) in [5.74, 6) is 0. The van der Waals surface area contributed by atoms with Gasteiger partial charge < -0.3 is 9.30 Å². The van der Waals surface area contributed by atoms with Gasteiger partial charge in [0.2, 0.25) is 0 Å². The van der Waals surface area contributed by atoms with Gasteiger partial charge in [-0.3, -0.25) is 14.7 Å².